The van der Waals surface area contributed by atoms with Crippen LogP contribution in [0.5, 0.6) is 0 Å². The number of para-hydroxylation sites is 1. The molecule has 1 aromatic carbocycles. The summed E-state index contributed by atoms with van der Waals surface area (Å²) in [6, 6.07) is 8.58. The molecule has 0 radical (unpaired) electrons. The lowest BCUT2D eigenvalue weighted by molar-refractivity contribution is -0.145. The first kappa shape index (κ1) is 21.8. The Morgan fingerprint density at radius 1 is 1.00 bits per heavy atom. The third-order valence-corrected chi connectivity index (χ3v) is 6.37. The van der Waals surface area contributed by atoms with Gasteiger partial charge in [0.25, 0.3) is 0 Å². The lowest BCUT2D eigenvalue weighted by Crippen LogP contribution is -2.63. The fourth-order valence-corrected chi connectivity index (χ4v) is 5.01. The molecule has 0 aliphatic carbocycles. The van der Waals surface area contributed by atoms with E-state index >= 15 is 0 Å². The quantitative estimate of drug-likeness (QED) is 0.486. The number of ether oxygens (including phenoxy) is 1. The van der Waals surface area contributed by atoms with Crippen LogP contribution in [0.4, 0.5) is 0 Å². The number of carboxylic acid groups (broad SMARTS) is 2. The van der Waals surface area contributed by atoms with Crippen molar-refractivity contribution in [3.8, 4) is 0 Å². The Labute approximate surface area is 183 Å². The molecule has 1 aromatic heterocycles. The molecule has 5 atom stereocenters. The van der Waals surface area contributed by atoms with Crippen molar-refractivity contribution in [1.82, 2.24) is 9.88 Å². The Balaban J connectivity index is 0.000000265. The highest BCUT2D eigenvalue weighted by atomic mass is 16.5. The van der Waals surface area contributed by atoms with Gasteiger partial charge in [-0.3, -0.25) is 9.69 Å². The van der Waals surface area contributed by atoms with Crippen LogP contribution >= 0.6 is 0 Å². The predicted octanol–water partition coefficient (Wildman–Crippen LogP) is 2.23. The zero-order valence-corrected chi connectivity index (χ0v) is 17.3. The van der Waals surface area contributed by atoms with Crippen LogP contribution in [0, 0.1) is 5.92 Å². The number of fused-ring (bicyclic) bond motifs is 2. The number of carbonyl (C=O) groups excluding carboxylic acids is 2. The summed E-state index contributed by atoms with van der Waals surface area (Å²) in [6.07, 6.45) is 6.41. The molecule has 168 valence electrons. The number of hydrogen-bond donors (Lipinski definition) is 3. The van der Waals surface area contributed by atoms with E-state index in [2.05, 4.69) is 9.88 Å². The number of H-pyrrole nitrogens is 1. The minimum Gasteiger partial charge on any atom is -0.478 e. The average Bonchev–Trinajstić information content (AvgIpc) is 3.17. The van der Waals surface area contributed by atoms with Crippen LogP contribution in [-0.4, -0.2) is 68.5 Å². The van der Waals surface area contributed by atoms with Gasteiger partial charge in [-0.05, 0) is 18.9 Å². The van der Waals surface area contributed by atoms with Crippen LogP contribution < -0.4 is 0 Å². The van der Waals surface area contributed by atoms with E-state index in [1.165, 1.54) is 0 Å². The summed E-state index contributed by atoms with van der Waals surface area (Å²) in [4.78, 5) is 49.1. The molecule has 0 spiro atoms. The van der Waals surface area contributed by atoms with Gasteiger partial charge in [0.1, 0.15) is 11.9 Å². The smallest absolute Gasteiger partial charge is 0.340 e. The summed E-state index contributed by atoms with van der Waals surface area (Å²) >= 11 is 0. The molecular formula is C23H24N2O7. The normalized spacial score (nSPS) is 28.2. The first-order valence-electron chi connectivity index (χ1n) is 10.5. The maximum absolute atomic E-state index is 12.6. The first-order chi connectivity index (χ1) is 15.3. The number of nitrogens with zero attached hydrogens (tertiary/aromatic N) is 1. The molecule has 9 nitrogen and oxygen atoms in total. The molecule has 4 bridgehead atoms. The second kappa shape index (κ2) is 8.96. The van der Waals surface area contributed by atoms with Crippen molar-refractivity contribution in [1.29, 1.82) is 0 Å². The van der Waals surface area contributed by atoms with Crippen molar-refractivity contribution in [2.75, 3.05) is 6.54 Å². The largest absolute Gasteiger partial charge is 0.478 e. The van der Waals surface area contributed by atoms with Gasteiger partial charge in [-0.2, -0.15) is 0 Å². The number of Topliss-reactive ketones (excluding diaryl/α,β-unsaturated/α-hetero) is 1. The molecule has 9 heteroatoms. The molecule has 0 amide bonds. The van der Waals surface area contributed by atoms with E-state index in [0.717, 1.165) is 36.6 Å². The van der Waals surface area contributed by atoms with Crippen molar-refractivity contribution < 1.29 is 34.1 Å². The first-order valence-corrected chi connectivity index (χ1v) is 10.5. The maximum atomic E-state index is 12.6. The van der Waals surface area contributed by atoms with E-state index in [9.17, 15) is 19.2 Å². The zero-order valence-electron chi connectivity index (χ0n) is 17.3. The van der Waals surface area contributed by atoms with Crippen molar-refractivity contribution in [2.45, 2.75) is 43.9 Å². The van der Waals surface area contributed by atoms with Crippen LogP contribution in [0.25, 0.3) is 10.9 Å². The Bertz CT molecular complexity index is 1060. The van der Waals surface area contributed by atoms with Gasteiger partial charge in [-0.15, -0.1) is 0 Å². The molecular weight excluding hydrogens is 416 g/mol. The molecule has 1 unspecified atom stereocenters. The number of carbonyl (C=O) groups is 4. The van der Waals surface area contributed by atoms with Crippen LogP contribution in [-0.2, 0) is 19.1 Å². The van der Waals surface area contributed by atoms with Crippen molar-refractivity contribution >= 4 is 34.6 Å². The third-order valence-electron chi connectivity index (χ3n) is 6.37. The molecule has 5 heterocycles. The second-order valence-electron chi connectivity index (χ2n) is 8.37. The number of aromatic amines is 1. The number of esters is 1. The third kappa shape index (κ3) is 4.57. The van der Waals surface area contributed by atoms with Gasteiger partial charge in [0.05, 0.1) is 12.1 Å². The van der Waals surface area contributed by atoms with Crippen LogP contribution in [0.3, 0.4) is 0 Å². The molecule has 3 N–H and O–H groups in total. The number of aromatic nitrogens is 1. The number of piperidine rings is 4. The summed E-state index contributed by atoms with van der Waals surface area (Å²) in [5, 5.41) is 16.5. The average molecular weight is 440 g/mol. The molecule has 0 saturated carbocycles. The van der Waals surface area contributed by atoms with E-state index in [-0.39, 0.29) is 18.0 Å². The predicted molar refractivity (Wildman–Crippen MR) is 113 cm³/mol. The van der Waals surface area contributed by atoms with Gasteiger partial charge in [0.2, 0.25) is 0 Å². The number of nitrogens with one attached hydrogen (secondary N) is 1. The fourth-order valence-electron chi connectivity index (χ4n) is 5.01. The van der Waals surface area contributed by atoms with E-state index in [0.29, 0.717) is 42.1 Å². The lowest BCUT2D eigenvalue weighted by atomic mass is 9.72. The van der Waals surface area contributed by atoms with Crippen molar-refractivity contribution in [2.24, 2.45) is 5.92 Å². The molecule has 6 rings (SSSR count). The van der Waals surface area contributed by atoms with Gasteiger partial charge in [0, 0.05) is 60.1 Å². The number of aliphatic carboxylic acids is 2. The van der Waals surface area contributed by atoms with E-state index < -0.39 is 11.9 Å². The minimum atomic E-state index is -1.26. The standard InChI is InChI=1S/C19H20N2O3.C4H4O4/c22-18-10-21-12-5-11(18)6-13(21)8-14(7-12)24-19(23)16-9-20-17-4-2-1-3-15(16)17;5-3(6)1-2-4(7)8/h1-4,9,11-14,20H,5-8,10H2;1-2H,(H,5,6)(H,7,8)/b;2-1-/t11-,12+,13-,14-;. The van der Waals surface area contributed by atoms with E-state index in [1.807, 2.05) is 24.3 Å². The van der Waals surface area contributed by atoms with Gasteiger partial charge in [-0.1, -0.05) is 18.2 Å². The van der Waals surface area contributed by atoms with E-state index in [4.69, 9.17) is 14.9 Å². The number of carboxylic acids is 2. The molecule has 4 aliphatic rings. The highest BCUT2D eigenvalue weighted by molar-refractivity contribution is 6.04. The van der Waals surface area contributed by atoms with Crippen molar-refractivity contribution in [3.05, 3.63) is 48.2 Å². The van der Waals surface area contributed by atoms with Gasteiger partial charge < -0.3 is 19.9 Å². The van der Waals surface area contributed by atoms with Crippen molar-refractivity contribution in [3.63, 3.8) is 0 Å². The Morgan fingerprint density at radius 3 is 2.22 bits per heavy atom. The molecule has 32 heavy (non-hydrogen) atoms. The summed E-state index contributed by atoms with van der Waals surface area (Å²) in [7, 11) is 0. The number of hydrogen-bond acceptors (Lipinski definition) is 6. The van der Waals surface area contributed by atoms with Gasteiger partial charge in [0.15, 0.2) is 0 Å². The summed E-state index contributed by atoms with van der Waals surface area (Å²) in [5.41, 5.74) is 1.56. The minimum absolute atomic E-state index is 0.0356. The van der Waals surface area contributed by atoms with E-state index in [1.54, 1.807) is 6.20 Å². The zero-order chi connectivity index (χ0) is 22.8. The topological polar surface area (TPSA) is 137 Å². The Kier molecular flexibility index (Phi) is 6.09. The summed E-state index contributed by atoms with van der Waals surface area (Å²) < 4.78 is 5.84. The monoisotopic (exact) mass is 440 g/mol. The molecule has 2 aromatic rings. The van der Waals surface area contributed by atoms with Crippen LogP contribution in [0.2, 0.25) is 0 Å². The second-order valence-corrected chi connectivity index (χ2v) is 8.37. The molecule has 4 saturated heterocycles. The fraction of sp³-hybridized carbons (Fsp3) is 0.391. The SMILES string of the molecule is O=C(O)/C=C\C(=O)O.O=C(O[C@@H]1C[C@@H]2C[C@@H]3C[C@H](C1)N2CC3=O)c1c[nH]c2ccccc12. The highest BCUT2D eigenvalue weighted by Gasteiger charge is 2.49. The van der Waals surface area contributed by atoms with Crippen LogP contribution in [0.15, 0.2) is 42.6 Å². The number of ketones is 1. The molecule has 4 aliphatic heterocycles. The van der Waals surface area contributed by atoms with Gasteiger partial charge in [-0.25, -0.2) is 14.4 Å². The summed E-state index contributed by atoms with van der Waals surface area (Å²) in [5.74, 6) is -2.11. The van der Waals surface area contributed by atoms with Crippen LogP contribution in [0.1, 0.15) is 36.0 Å². The Hall–Kier alpha value is -3.46. The number of benzene rings is 1. The maximum Gasteiger partial charge on any atom is 0.340 e. The van der Waals surface area contributed by atoms with Gasteiger partial charge >= 0.3 is 17.9 Å². The Morgan fingerprint density at radius 2 is 1.62 bits per heavy atom. The lowest BCUT2D eigenvalue weighted by Gasteiger charge is -2.54. The molecule has 4 fully saturated rings. The summed E-state index contributed by atoms with van der Waals surface area (Å²) in [6.45, 7) is 0.600. The highest BCUT2D eigenvalue weighted by Crippen LogP contribution is 2.42. The number of rotatable bonds is 4.